The molecule has 0 unspecified atom stereocenters. The third-order valence-electron chi connectivity index (χ3n) is 5.11. The van der Waals surface area contributed by atoms with Gasteiger partial charge in [-0.1, -0.05) is 19.1 Å². The summed E-state index contributed by atoms with van der Waals surface area (Å²) in [6, 6.07) is 9.25. The van der Waals surface area contributed by atoms with Gasteiger partial charge in [0.05, 0.1) is 0 Å². The van der Waals surface area contributed by atoms with E-state index < -0.39 is 0 Å². The van der Waals surface area contributed by atoms with Crippen LogP contribution in [-0.4, -0.2) is 63.2 Å². The van der Waals surface area contributed by atoms with Gasteiger partial charge >= 0.3 is 0 Å². The molecule has 5 nitrogen and oxygen atoms in total. The standard InChI is InChI=1S/C21H37N5/c1-5-13-25-14-10-19(11-15-25)24-21(22-4)23-12-16-26(6-2)20-9-7-8-18(3)17-20/h7-9,17,19H,5-6,10-16H2,1-4H3,(H2,22,23,24). The molecule has 0 spiro atoms. The van der Waals surface area contributed by atoms with Crippen molar-refractivity contribution >= 4 is 11.6 Å². The predicted octanol–water partition coefficient (Wildman–Crippen LogP) is 2.86. The fraction of sp³-hybridized carbons (Fsp3) is 0.667. The van der Waals surface area contributed by atoms with E-state index in [1.54, 1.807) is 0 Å². The van der Waals surface area contributed by atoms with Gasteiger partial charge in [-0.2, -0.15) is 0 Å². The lowest BCUT2D eigenvalue weighted by Crippen LogP contribution is -2.49. The summed E-state index contributed by atoms with van der Waals surface area (Å²) >= 11 is 0. The summed E-state index contributed by atoms with van der Waals surface area (Å²) in [6.45, 7) is 13.1. The van der Waals surface area contributed by atoms with E-state index >= 15 is 0 Å². The number of piperidine rings is 1. The van der Waals surface area contributed by atoms with Crippen molar-refractivity contribution in [3.8, 4) is 0 Å². The van der Waals surface area contributed by atoms with Crippen molar-refractivity contribution in [2.75, 3.05) is 51.2 Å². The number of anilines is 1. The molecule has 1 aliphatic heterocycles. The number of aliphatic imine (C=N–C) groups is 1. The highest BCUT2D eigenvalue weighted by Crippen LogP contribution is 2.15. The Kier molecular flexibility index (Phi) is 8.75. The van der Waals surface area contributed by atoms with Gasteiger partial charge in [0.15, 0.2) is 5.96 Å². The van der Waals surface area contributed by atoms with E-state index in [0.29, 0.717) is 6.04 Å². The summed E-state index contributed by atoms with van der Waals surface area (Å²) in [5.74, 6) is 0.930. The SMILES string of the molecule is CCCN1CCC(NC(=NC)NCCN(CC)c2cccc(C)c2)CC1. The lowest BCUT2D eigenvalue weighted by atomic mass is 10.1. The van der Waals surface area contributed by atoms with Gasteiger partial charge in [-0.15, -0.1) is 0 Å². The van der Waals surface area contributed by atoms with Gasteiger partial charge < -0.3 is 20.4 Å². The van der Waals surface area contributed by atoms with Gasteiger partial charge in [0.1, 0.15) is 0 Å². The van der Waals surface area contributed by atoms with Gasteiger partial charge in [0.2, 0.25) is 0 Å². The number of benzene rings is 1. The number of likely N-dealkylation sites (N-methyl/N-ethyl adjacent to an activating group) is 1. The first kappa shape index (κ1) is 20.6. The molecule has 5 heteroatoms. The molecule has 2 rings (SSSR count). The van der Waals surface area contributed by atoms with E-state index in [4.69, 9.17) is 0 Å². The Morgan fingerprint density at radius 1 is 1.27 bits per heavy atom. The minimum absolute atomic E-state index is 0.536. The van der Waals surface area contributed by atoms with Crippen LogP contribution in [0.3, 0.4) is 0 Å². The fourth-order valence-corrected chi connectivity index (χ4v) is 3.61. The Bertz CT molecular complexity index is 549. The van der Waals surface area contributed by atoms with Crippen LogP contribution < -0.4 is 15.5 Å². The predicted molar refractivity (Wildman–Crippen MR) is 113 cm³/mol. The molecule has 1 heterocycles. The van der Waals surface area contributed by atoms with E-state index in [1.807, 2.05) is 7.05 Å². The van der Waals surface area contributed by atoms with Crippen molar-refractivity contribution in [2.45, 2.75) is 46.1 Å². The average Bonchev–Trinajstić information content (AvgIpc) is 2.66. The van der Waals surface area contributed by atoms with E-state index in [2.05, 4.69) is 70.5 Å². The molecule has 1 saturated heterocycles. The van der Waals surface area contributed by atoms with Crippen LogP contribution >= 0.6 is 0 Å². The molecule has 1 aromatic rings. The zero-order valence-electron chi connectivity index (χ0n) is 17.1. The Hall–Kier alpha value is -1.75. The zero-order chi connectivity index (χ0) is 18.8. The molecule has 1 aliphatic rings. The normalized spacial score (nSPS) is 16.5. The molecule has 0 radical (unpaired) electrons. The highest BCUT2D eigenvalue weighted by Gasteiger charge is 2.19. The molecule has 0 aromatic heterocycles. The second-order valence-corrected chi connectivity index (χ2v) is 7.18. The minimum Gasteiger partial charge on any atom is -0.370 e. The zero-order valence-corrected chi connectivity index (χ0v) is 17.1. The minimum atomic E-state index is 0.536. The number of rotatable bonds is 8. The lowest BCUT2D eigenvalue weighted by molar-refractivity contribution is 0.206. The third-order valence-corrected chi connectivity index (χ3v) is 5.11. The summed E-state index contributed by atoms with van der Waals surface area (Å²) in [4.78, 5) is 9.37. The molecule has 146 valence electrons. The number of nitrogens with one attached hydrogen (secondary N) is 2. The Balaban J connectivity index is 1.74. The van der Waals surface area contributed by atoms with E-state index in [-0.39, 0.29) is 0 Å². The van der Waals surface area contributed by atoms with Crippen molar-refractivity contribution in [1.82, 2.24) is 15.5 Å². The van der Waals surface area contributed by atoms with Gasteiger partial charge in [-0.05, 0) is 57.4 Å². The Morgan fingerprint density at radius 3 is 2.65 bits per heavy atom. The maximum atomic E-state index is 4.41. The van der Waals surface area contributed by atoms with E-state index in [1.165, 1.54) is 50.1 Å². The van der Waals surface area contributed by atoms with Crippen LogP contribution in [0.5, 0.6) is 0 Å². The quantitative estimate of drug-likeness (QED) is 0.553. The van der Waals surface area contributed by atoms with Gasteiger partial charge in [-0.3, -0.25) is 4.99 Å². The van der Waals surface area contributed by atoms with Crippen molar-refractivity contribution in [3.05, 3.63) is 29.8 Å². The van der Waals surface area contributed by atoms with Crippen LogP contribution in [0, 0.1) is 6.92 Å². The largest absolute Gasteiger partial charge is 0.370 e. The molecule has 0 atom stereocenters. The Labute approximate surface area is 159 Å². The molecule has 0 aliphatic carbocycles. The summed E-state index contributed by atoms with van der Waals surface area (Å²) in [5.41, 5.74) is 2.60. The molecule has 0 bridgehead atoms. The maximum Gasteiger partial charge on any atom is 0.191 e. The number of nitrogens with zero attached hydrogens (tertiary/aromatic N) is 3. The number of hydrogen-bond acceptors (Lipinski definition) is 3. The summed E-state index contributed by atoms with van der Waals surface area (Å²) in [5, 5.41) is 7.09. The first-order valence-electron chi connectivity index (χ1n) is 10.2. The molecule has 2 N–H and O–H groups in total. The van der Waals surface area contributed by atoms with Crippen LogP contribution in [-0.2, 0) is 0 Å². The topological polar surface area (TPSA) is 42.9 Å². The monoisotopic (exact) mass is 359 g/mol. The lowest BCUT2D eigenvalue weighted by Gasteiger charge is -2.33. The summed E-state index contributed by atoms with van der Waals surface area (Å²) < 4.78 is 0. The number of hydrogen-bond donors (Lipinski definition) is 2. The van der Waals surface area contributed by atoms with Gasteiger partial charge in [0.25, 0.3) is 0 Å². The second-order valence-electron chi connectivity index (χ2n) is 7.18. The molecular formula is C21H37N5. The highest BCUT2D eigenvalue weighted by molar-refractivity contribution is 5.80. The van der Waals surface area contributed by atoms with Crippen molar-refractivity contribution in [3.63, 3.8) is 0 Å². The third kappa shape index (κ3) is 6.52. The van der Waals surface area contributed by atoms with Crippen LogP contribution in [0.25, 0.3) is 0 Å². The van der Waals surface area contributed by atoms with E-state index in [0.717, 1.165) is 25.6 Å². The first-order chi connectivity index (χ1) is 12.7. The molecule has 1 aromatic carbocycles. The number of likely N-dealkylation sites (tertiary alicyclic amines) is 1. The molecule has 1 fully saturated rings. The van der Waals surface area contributed by atoms with Crippen LogP contribution in [0.1, 0.15) is 38.7 Å². The van der Waals surface area contributed by atoms with Crippen LogP contribution in [0.4, 0.5) is 5.69 Å². The fourth-order valence-electron chi connectivity index (χ4n) is 3.61. The van der Waals surface area contributed by atoms with Gasteiger partial charge in [-0.25, -0.2) is 0 Å². The summed E-state index contributed by atoms with van der Waals surface area (Å²) in [6.07, 6.45) is 3.65. The van der Waals surface area contributed by atoms with Gasteiger partial charge in [0, 0.05) is 51.5 Å². The van der Waals surface area contributed by atoms with Crippen molar-refractivity contribution in [1.29, 1.82) is 0 Å². The van der Waals surface area contributed by atoms with E-state index in [9.17, 15) is 0 Å². The maximum absolute atomic E-state index is 4.41. The number of guanidine groups is 1. The smallest absolute Gasteiger partial charge is 0.191 e. The van der Waals surface area contributed by atoms with Crippen molar-refractivity contribution in [2.24, 2.45) is 4.99 Å². The van der Waals surface area contributed by atoms with Crippen molar-refractivity contribution < 1.29 is 0 Å². The first-order valence-corrected chi connectivity index (χ1v) is 10.2. The van der Waals surface area contributed by atoms with Crippen LogP contribution in [0.15, 0.2) is 29.3 Å². The summed E-state index contributed by atoms with van der Waals surface area (Å²) in [7, 11) is 1.86. The molecular weight excluding hydrogens is 322 g/mol. The van der Waals surface area contributed by atoms with Crippen LogP contribution in [0.2, 0.25) is 0 Å². The second kappa shape index (κ2) is 11.1. The molecule has 0 saturated carbocycles. The Morgan fingerprint density at radius 2 is 2.04 bits per heavy atom. The highest BCUT2D eigenvalue weighted by atomic mass is 15.2. The average molecular weight is 360 g/mol. The molecule has 0 amide bonds. The number of aryl methyl sites for hydroxylation is 1. The molecule has 26 heavy (non-hydrogen) atoms.